The van der Waals surface area contributed by atoms with Crippen LogP contribution in [0.3, 0.4) is 0 Å². The largest absolute Gasteiger partial charge is 0.375 e. The normalized spacial score (nSPS) is 31.9. The molecule has 6 nitrogen and oxygen atoms in total. The fourth-order valence-corrected chi connectivity index (χ4v) is 4.23. The van der Waals surface area contributed by atoms with Crippen LogP contribution < -0.4 is 0 Å². The van der Waals surface area contributed by atoms with E-state index in [4.69, 9.17) is 14.2 Å². The Kier molecular flexibility index (Phi) is 5.29. The Hall–Kier alpha value is -1.50. The van der Waals surface area contributed by atoms with Crippen molar-refractivity contribution in [3.63, 3.8) is 0 Å². The molecule has 2 saturated heterocycles. The van der Waals surface area contributed by atoms with Gasteiger partial charge in [0, 0.05) is 19.3 Å². The highest BCUT2D eigenvalue weighted by atomic mass is 16.5. The number of rotatable bonds is 5. The predicted molar refractivity (Wildman–Crippen MR) is 90.8 cm³/mol. The Morgan fingerprint density at radius 3 is 3.04 bits per heavy atom. The van der Waals surface area contributed by atoms with Crippen molar-refractivity contribution >= 4 is 5.91 Å². The standard InChI is InChI=1S/C19H26N2O4/c22-19(17-5-3-8-24-17)21-7-9-25-18-11-14(10-16(18)21)12-23-13-15-4-1-2-6-20-15/h1-2,4,6,14,16-18H,3,5,7-13H2/t14?,16?,17-,18?/m1/s1. The van der Waals surface area contributed by atoms with E-state index in [-0.39, 0.29) is 24.2 Å². The summed E-state index contributed by atoms with van der Waals surface area (Å²) < 4.78 is 17.4. The quantitative estimate of drug-likeness (QED) is 0.813. The van der Waals surface area contributed by atoms with Crippen LogP contribution in [0.5, 0.6) is 0 Å². The number of amides is 1. The number of nitrogens with zero attached hydrogens (tertiary/aromatic N) is 2. The molecular weight excluding hydrogens is 320 g/mol. The molecule has 1 aliphatic carbocycles. The summed E-state index contributed by atoms with van der Waals surface area (Å²) in [6, 6.07) is 6.02. The molecule has 0 spiro atoms. The molecule has 25 heavy (non-hydrogen) atoms. The summed E-state index contributed by atoms with van der Waals surface area (Å²) in [4.78, 5) is 19.0. The molecule has 1 aromatic heterocycles. The Bertz CT molecular complexity index is 576. The van der Waals surface area contributed by atoms with Gasteiger partial charge in [-0.1, -0.05) is 6.07 Å². The fourth-order valence-electron chi connectivity index (χ4n) is 4.23. The molecule has 3 unspecified atom stereocenters. The van der Waals surface area contributed by atoms with Gasteiger partial charge in [-0.3, -0.25) is 9.78 Å². The molecule has 3 fully saturated rings. The van der Waals surface area contributed by atoms with Crippen molar-refractivity contribution in [3.05, 3.63) is 30.1 Å². The van der Waals surface area contributed by atoms with Gasteiger partial charge >= 0.3 is 0 Å². The van der Waals surface area contributed by atoms with E-state index < -0.39 is 0 Å². The summed E-state index contributed by atoms with van der Waals surface area (Å²) in [7, 11) is 0. The first kappa shape index (κ1) is 16.9. The zero-order valence-corrected chi connectivity index (χ0v) is 14.5. The monoisotopic (exact) mass is 346 g/mol. The number of carbonyl (C=O) groups is 1. The molecule has 3 aliphatic rings. The fraction of sp³-hybridized carbons (Fsp3) is 0.684. The van der Waals surface area contributed by atoms with Gasteiger partial charge in [-0.25, -0.2) is 0 Å². The molecule has 2 aliphatic heterocycles. The van der Waals surface area contributed by atoms with Crippen molar-refractivity contribution < 1.29 is 19.0 Å². The third-order valence-electron chi connectivity index (χ3n) is 5.45. The third kappa shape index (κ3) is 3.86. The van der Waals surface area contributed by atoms with Gasteiger partial charge in [-0.2, -0.15) is 0 Å². The zero-order chi connectivity index (χ0) is 17.1. The SMILES string of the molecule is O=C([C@H]1CCCO1)N1CCOC2CC(COCc3ccccn3)CC21. The number of ether oxygens (including phenoxy) is 3. The van der Waals surface area contributed by atoms with Gasteiger partial charge in [-0.15, -0.1) is 0 Å². The van der Waals surface area contributed by atoms with Gasteiger partial charge in [-0.05, 0) is 43.7 Å². The molecule has 136 valence electrons. The van der Waals surface area contributed by atoms with Crippen LogP contribution in [-0.2, 0) is 25.6 Å². The summed E-state index contributed by atoms with van der Waals surface area (Å²) >= 11 is 0. The Morgan fingerprint density at radius 1 is 1.28 bits per heavy atom. The second kappa shape index (κ2) is 7.81. The van der Waals surface area contributed by atoms with Gasteiger partial charge in [0.25, 0.3) is 5.91 Å². The van der Waals surface area contributed by atoms with Crippen LogP contribution in [0.15, 0.2) is 24.4 Å². The molecule has 1 amide bonds. The van der Waals surface area contributed by atoms with E-state index in [1.165, 1.54) is 0 Å². The average Bonchev–Trinajstić information content (AvgIpc) is 3.31. The summed E-state index contributed by atoms with van der Waals surface area (Å²) in [5, 5.41) is 0. The molecule has 0 N–H and O–H groups in total. The van der Waals surface area contributed by atoms with Crippen molar-refractivity contribution in [2.75, 3.05) is 26.4 Å². The molecular formula is C19H26N2O4. The van der Waals surface area contributed by atoms with Crippen molar-refractivity contribution in [3.8, 4) is 0 Å². The molecule has 0 radical (unpaired) electrons. The molecule has 0 bridgehead atoms. The predicted octanol–water partition coefficient (Wildman–Crippen LogP) is 1.78. The molecule has 4 rings (SSSR count). The van der Waals surface area contributed by atoms with Gasteiger partial charge in [0.05, 0.1) is 37.7 Å². The lowest BCUT2D eigenvalue weighted by atomic mass is 10.1. The maximum atomic E-state index is 12.8. The summed E-state index contributed by atoms with van der Waals surface area (Å²) in [6.45, 7) is 3.24. The maximum absolute atomic E-state index is 12.8. The van der Waals surface area contributed by atoms with E-state index in [1.807, 2.05) is 23.1 Å². The average molecular weight is 346 g/mol. The second-order valence-corrected chi connectivity index (χ2v) is 7.18. The number of hydrogen-bond donors (Lipinski definition) is 0. The molecule has 0 aromatic carbocycles. The van der Waals surface area contributed by atoms with Crippen LogP contribution in [0.25, 0.3) is 0 Å². The lowest BCUT2D eigenvalue weighted by molar-refractivity contribution is -0.153. The van der Waals surface area contributed by atoms with E-state index in [0.29, 0.717) is 38.9 Å². The molecule has 4 atom stereocenters. The number of hydrogen-bond acceptors (Lipinski definition) is 5. The number of carbonyl (C=O) groups excluding carboxylic acids is 1. The van der Waals surface area contributed by atoms with Crippen molar-refractivity contribution in [2.24, 2.45) is 5.92 Å². The van der Waals surface area contributed by atoms with E-state index in [9.17, 15) is 4.79 Å². The zero-order valence-electron chi connectivity index (χ0n) is 14.5. The lowest BCUT2D eigenvalue weighted by Gasteiger charge is -2.38. The minimum absolute atomic E-state index is 0.141. The first-order valence-electron chi connectivity index (χ1n) is 9.32. The van der Waals surface area contributed by atoms with Gasteiger partial charge in [0.2, 0.25) is 0 Å². The molecule has 6 heteroatoms. The molecule has 3 heterocycles. The minimum atomic E-state index is -0.238. The van der Waals surface area contributed by atoms with Crippen LogP contribution in [0.1, 0.15) is 31.4 Å². The van der Waals surface area contributed by atoms with Gasteiger partial charge in [0.1, 0.15) is 6.10 Å². The number of morpholine rings is 1. The number of pyridine rings is 1. The Balaban J connectivity index is 1.30. The first-order valence-corrected chi connectivity index (χ1v) is 9.32. The summed E-state index contributed by atoms with van der Waals surface area (Å²) in [5.41, 5.74) is 0.948. The Morgan fingerprint density at radius 2 is 2.24 bits per heavy atom. The molecule has 1 saturated carbocycles. The van der Waals surface area contributed by atoms with Crippen LogP contribution >= 0.6 is 0 Å². The van der Waals surface area contributed by atoms with E-state index >= 15 is 0 Å². The summed E-state index contributed by atoms with van der Waals surface area (Å²) in [6.07, 6.45) is 5.43. The van der Waals surface area contributed by atoms with Crippen LogP contribution in [-0.4, -0.2) is 60.4 Å². The van der Waals surface area contributed by atoms with E-state index in [2.05, 4.69) is 4.98 Å². The van der Waals surface area contributed by atoms with Crippen molar-refractivity contribution in [2.45, 2.75) is 50.5 Å². The topological polar surface area (TPSA) is 60.9 Å². The van der Waals surface area contributed by atoms with Crippen molar-refractivity contribution in [1.29, 1.82) is 0 Å². The lowest BCUT2D eigenvalue weighted by Crippen LogP contribution is -2.54. The second-order valence-electron chi connectivity index (χ2n) is 7.18. The highest BCUT2D eigenvalue weighted by Gasteiger charge is 2.44. The maximum Gasteiger partial charge on any atom is 0.252 e. The number of aromatic nitrogens is 1. The van der Waals surface area contributed by atoms with Crippen LogP contribution in [0.4, 0.5) is 0 Å². The van der Waals surface area contributed by atoms with Crippen LogP contribution in [0, 0.1) is 5.92 Å². The highest BCUT2D eigenvalue weighted by molar-refractivity contribution is 5.81. The first-order chi connectivity index (χ1) is 12.3. The Labute approximate surface area is 148 Å². The van der Waals surface area contributed by atoms with Gasteiger partial charge in [0.15, 0.2) is 0 Å². The van der Waals surface area contributed by atoms with Crippen molar-refractivity contribution in [1.82, 2.24) is 9.88 Å². The molecule has 1 aromatic rings. The summed E-state index contributed by atoms with van der Waals surface area (Å²) in [5.74, 6) is 0.586. The minimum Gasteiger partial charge on any atom is -0.375 e. The van der Waals surface area contributed by atoms with E-state index in [0.717, 1.165) is 31.4 Å². The third-order valence-corrected chi connectivity index (χ3v) is 5.45. The van der Waals surface area contributed by atoms with E-state index in [1.54, 1.807) is 6.20 Å². The van der Waals surface area contributed by atoms with Crippen LogP contribution in [0.2, 0.25) is 0 Å². The highest BCUT2D eigenvalue weighted by Crippen LogP contribution is 2.35. The number of fused-ring (bicyclic) bond motifs is 1. The smallest absolute Gasteiger partial charge is 0.252 e. The van der Waals surface area contributed by atoms with Gasteiger partial charge < -0.3 is 19.1 Å².